The molecular formula is C20H23ClN2. The van der Waals surface area contributed by atoms with Gasteiger partial charge in [-0.05, 0) is 45.2 Å². The van der Waals surface area contributed by atoms with Crippen LogP contribution in [0.4, 0.5) is 0 Å². The molecule has 120 valence electrons. The van der Waals surface area contributed by atoms with Gasteiger partial charge in [0.2, 0.25) is 0 Å². The molecule has 3 heteroatoms. The first kappa shape index (κ1) is 16.1. The molecule has 0 aliphatic carbocycles. The van der Waals surface area contributed by atoms with Crippen molar-refractivity contribution in [3.63, 3.8) is 0 Å². The van der Waals surface area contributed by atoms with E-state index in [4.69, 9.17) is 16.7 Å². The molecule has 0 aromatic heterocycles. The Labute approximate surface area is 143 Å². The fourth-order valence-corrected chi connectivity index (χ4v) is 3.33. The van der Waals surface area contributed by atoms with Crippen molar-refractivity contribution in [3.8, 4) is 0 Å². The van der Waals surface area contributed by atoms with Crippen molar-refractivity contribution in [1.82, 2.24) is 5.01 Å². The minimum atomic E-state index is 0.477. The Morgan fingerprint density at radius 1 is 0.913 bits per heavy atom. The lowest BCUT2D eigenvalue weighted by Gasteiger charge is -2.37. The van der Waals surface area contributed by atoms with Crippen LogP contribution in [-0.2, 0) is 0 Å². The Morgan fingerprint density at radius 3 is 2.09 bits per heavy atom. The van der Waals surface area contributed by atoms with Crippen LogP contribution in [0.1, 0.15) is 44.2 Å². The van der Waals surface area contributed by atoms with Crippen molar-refractivity contribution in [2.45, 2.75) is 45.2 Å². The molecule has 0 bridgehead atoms. The van der Waals surface area contributed by atoms with Crippen molar-refractivity contribution in [3.05, 3.63) is 70.7 Å². The summed E-state index contributed by atoms with van der Waals surface area (Å²) in [6.45, 7) is 4.53. The molecule has 23 heavy (non-hydrogen) atoms. The second-order valence-corrected chi connectivity index (χ2v) is 6.77. The van der Waals surface area contributed by atoms with E-state index < -0.39 is 0 Å². The number of hydrogen-bond acceptors (Lipinski definition) is 2. The molecule has 1 aliphatic heterocycles. The molecule has 1 heterocycles. The zero-order valence-corrected chi connectivity index (χ0v) is 14.5. The summed E-state index contributed by atoms with van der Waals surface area (Å²) in [5, 5.41) is 8.10. The highest BCUT2D eigenvalue weighted by Crippen LogP contribution is 2.24. The molecule has 0 spiro atoms. The molecule has 1 aliphatic rings. The van der Waals surface area contributed by atoms with E-state index in [9.17, 15) is 0 Å². The van der Waals surface area contributed by atoms with E-state index in [2.05, 4.69) is 43.1 Å². The molecule has 3 rings (SSSR count). The fourth-order valence-electron chi connectivity index (χ4n) is 3.21. The van der Waals surface area contributed by atoms with Crippen molar-refractivity contribution in [1.29, 1.82) is 0 Å². The van der Waals surface area contributed by atoms with Gasteiger partial charge in [-0.3, -0.25) is 5.01 Å². The minimum Gasteiger partial charge on any atom is -0.291 e. The van der Waals surface area contributed by atoms with Gasteiger partial charge in [0.05, 0.1) is 5.71 Å². The molecule has 2 atom stereocenters. The first-order valence-electron chi connectivity index (χ1n) is 8.33. The van der Waals surface area contributed by atoms with Gasteiger partial charge >= 0.3 is 0 Å². The number of hydrogen-bond donors (Lipinski definition) is 0. The predicted octanol–water partition coefficient (Wildman–Crippen LogP) is 5.36. The topological polar surface area (TPSA) is 15.6 Å². The summed E-state index contributed by atoms with van der Waals surface area (Å²) in [4.78, 5) is 0. The molecule has 2 aromatic rings. The second-order valence-electron chi connectivity index (χ2n) is 6.33. The number of halogens is 1. The molecule has 2 aromatic carbocycles. The lowest BCUT2D eigenvalue weighted by atomic mass is 9.99. The van der Waals surface area contributed by atoms with Gasteiger partial charge in [0.25, 0.3) is 0 Å². The Hall–Kier alpha value is -1.80. The first-order valence-corrected chi connectivity index (χ1v) is 8.71. The molecule has 1 fully saturated rings. The summed E-state index contributed by atoms with van der Waals surface area (Å²) in [7, 11) is 0. The van der Waals surface area contributed by atoms with Gasteiger partial charge in [0.15, 0.2) is 0 Å². The van der Waals surface area contributed by atoms with Crippen LogP contribution >= 0.6 is 11.6 Å². The van der Waals surface area contributed by atoms with Gasteiger partial charge < -0.3 is 0 Å². The highest BCUT2D eigenvalue weighted by Gasteiger charge is 2.24. The summed E-state index contributed by atoms with van der Waals surface area (Å²) >= 11 is 6.05. The van der Waals surface area contributed by atoms with Crippen molar-refractivity contribution < 1.29 is 0 Å². The number of nitrogens with zero attached hydrogens (tertiary/aromatic N) is 2. The number of piperidine rings is 1. The minimum absolute atomic E-state index is 0.477. The summed E-state index contributed by atoms with van der Waals surface area (Å²) in [5.41, 5.74) is 3.26. The third-order valence-electron chi connectivity index (χ3n) is 4.53. The Morgan fingerprint density at radius 2 is 1.48 bits per heavy atom. The monoisotopic (exact) mass is 326 g/mol. The van der Waals surface area contributed by atoms with Crippen LogP contribution in [0, 0.1) is 0 Å². The van der Waals surface area contributed by atoms with Crippen LogP contribution in [0.3, 0.4) is 0 Å². The van der Waals surface area contributed by atoms with Crippen LogP contribution in [-0.4, -0.2) is 22.8 Å². The molecule has 0 radical (unpaired) electrons. The molecule has 2 unspecified atom stereocenters. The predicted molar refractivity (Wildman–Crippen MR) is 98.1 cm³/mol. The highest BCUT2D eigenvalue weighted by molar-refractivity contribution is 6.30. The summed E-state index contributed by atoms with van der Waals surface area (Å²) in [5.74, 6) is 0. The van der Waals surface area contributed by atoms with Crippen molar-refractivity contribution in [2.75, 3.05) is 0 Å². The summed E-state index contributed by atoms with van der Waals surface area (Å²) < 4.78 is 0. The maximum atomic E-state index is 6.05. The van der Waals surface area contributed by atoms with Gasteiger partial charge in [-0.1, -0.05) is 54.1 Å². The average Bonchev–Trinajstić information content (AvgIpc) is 2.57. The van der Waals surface area contributed by atoms with Crippen LogP contribution in [0.2, 0.25) is 5.02 Å². The first-order chi connectivity index (χ1) is 11.1. The van der Waals surface area contributed by atoms with E-state index in [0.717, 1.165) is 21.9 Å². The van der Waals surface area contributed by atoms with E-state index in [-0.39, 0.29) is 0 Å². The normalized spacial score (nSPS) is 22.2. The lowest BCUT2D eigenvalue weighted by molar-refractivity contribution is 0.109. The van der Waals surface area contributed by atoms with E-state index in [1.807, 2.05) is 30.3 Å². The van der Waals surface area contributed by atoms with E-state index in [1.54, 1.807) is 0 Å². The zero-order chi connectivity index (χ0) is 16.2. The Balaban J connectivity index is 2.04. The van der Waals surface area contributed by atoms with E-state index >= 15 is 0 Å². The van der Waals surface area contributed by atoms with Gasteiger partial charge in [-0.2, -0.15) is 5.10 Å². The maximum Gasteiger partial charge on any atom is 0.0976 e. The van der Waals surface area contributed by atoms with Crippen LogP contribution in [0.25, 0.3) is 0 Å². The van der Waals surface area contributed by atoms with Gasteiger partial charge in [0.1, 0.15) is 0 Å². The second kappa shape index (κ2) is 7.18. The van der Waals surface area contributed by atoms with E-state index in [0.29, 0.717) is 12.1 Å². The molecular weight excluding hydrogens is 304 g/mol. The van der Waals surface area contributed by atoms with Crippen LogP contribution in [0.5, 0.6) is 0 Å². The summed E-state index contributed by atoms with van der Waals surface area (Å²) in [6.07, 6.45) is 3.70. The highest BCUT2D eigenvalue weighted by atomic mass is 35.5. The number of rotatable bonds is 3. The third-order valence-corrected chi connectivity index (χ3v) is 4.78. The third kappa shape index (κ3) is 3.76. The Kier molecular flexibility index (Phi) is 5.02. The van der Waals surface area contributed by atoms with Gasteiger partial charge in [0, 0.05) is 28.2 Å². The number of hydrazone groups is 1. The molecule has 2 nitrogen and oxygen atoms in total. The van der Waals surface area contributed by atoms with Crippen LogP contribution in [0.15, 0.2) is 59.7 Å². The largest absolute Gasteiger partial charge is 0.291 e. The average molecular weight is 327 g/mol. The van der Waals surface area contributed by atoms with Gasteiger partial charge in [-0.15, -0.1) is 0 Å². The summed E-state index contributed by atoms with van der Waals surface area (Å²) in [6, 6.07) is 19.3. The molecule has 0 N–H and O–H groups in total. The maximum absolute atomic E-state index is 6.05. The number of benzene rings is 2. The van der Waals surface area contributed by atoms with Crippen molar-refractivity contribution >= 4 is 17.3 Å². The standard InChI is InChI=1S/C20H23ClN2/c1-15-7-6-8-16(2)23(15)22-20(17-9-4-3-5-10-17)18-11-13-19(21)14-12-18/h3-5,9-16H,6-8H2,1-2H3. The van der Waals surface area contributed by atoms with Crippen molar-refractivity contribution in [2.24, 2.45) is 5.10 Å². The molecule has 0 amide bonds. The SMILES string of the molecule is CC1CCCC(C)N1N=C(c1ccccc1)c1ccc(Cl)cc1. The smallest absolute Gasteiger partial charge is 0.0976 e. The van der Waals surface area contributed by atoms with E-state index in [1.165, 1.54) is 19.3 Å². The van der Waals surface area contributed by atoms with Gasteiger partial charge in [-0.25, -0.2) is 0 Å². The quantitative estimate of drug-likeness (QED) is 0.694. The Bertz CT molecular complexity index is 654. The zero-order valence-electron chi connectivity index (χ0n) is 13.7. The fraction of sp³-hybridized carbons (Fsp3) is 0.350. The van der Waals surface area contributed by atoms with Crippen LogP contribution < -0.4 is 0 Å². The molecule has 1 saturated heterocycles. The molecule has 0 saturated carbocycles. The lowest BCUT2D eigenvalue weighted by Crippen LogP contribution is -2.40.